The van der Waals surface area contributed by atoms with Crippen molar-refractivity contribution in [2.24, 2.45) is 0 Å². The summed E-state index contributed by atoms with van der Waals surface area (Å²) < 4.78 is 235. The Bertz CT molecular complexity index is 1180. The van der Waals surface area contributed by atoms with Gasteiger partial charge in [0.2, 0.25) is 5.41 Å². The second kappa shape index (κ2) is 11.6. The van der Waals surface area contributed by atoms with Crippen LogP contribution < -0.4 is 0 Å². The van der Waals surface area contributed by atoms with Crippen LogP contribution in [0.4, 0.5) is 79.0 Å². The Hall–Kier alpha value is -3.22. The number of hydrogen-bond donors (Lipinski definition) is 2. The predicted molar refractivity (Wildman–Crippen MR) is 115 cm³/mol. The highest BCUT2D eigenvalue weighted by Crippen LogP contribution is 2.62. The van der Waals surface area contributed by atoms with Crippen molar-refractivity contribution in [1.29, 1.82) is 0 Å². The fraction of sp³-hybridized carbons (Fsp3) is 0.500. The van der Waals surface area contributed by atoms with Crippen LogP contribution >= 0.6 is 0 Å². The molecule has 44 heavy (non-hydrogen) atoms. The zero-order chi connectivity index (χ0) is 35.2. The van der Waals surface area contributed by atoms with Gasteiger partial charge >= 0.3 is 47.9 Å². The minimum absolute atomic E-state index is 0.146. The van der Waals surface area contributed by atoms with E-state index in [4.69, 9.17) is 10.2 Å². The highest BCUT2D eigenvalue weighted by molar-refractivity contribution is 5.46. The number of alkyl halides is 18. The van der Waals surface area contributed by atoms with E-state index in [0.717, 1.165) is 24.3 Å². The minimum Gasteiger partial charge on any atom is -0.508 e. The van der Waals surface area contributed by atoms with Crippen molar-refractivity contribution in [3.05, 3.63) is 59.7 Å². The van der Waals surface area contributed by atoms with Crippen molar-refractivity contribution in [2.75, 3.05) is 0 Å². The molecule has 2 rings (SSSR count). The van der Waals surface area contributed by atoms with Gasteiger partial charge in [-0.2, -0.15) is 65.9 Å². The molecule has 0 aliphatic heterocycles. The number of phenolic OH excluding ortho intramolecular Hbond substituents is 2. The van der Waals surface area contributed by atoms with E-state index in [9.17, 15) is 79.0 Å². The monoisotopic (exact) mass is 680 g/mol. The molecule has 2 aromatic carbocycles. The summed E-state index contributed by atoms with van der Waals surface area (Å²) in [6, 6.07) is 5.30. The van der Waals surface area contributed by atoms with Gasteiger partial charge in [0, 0.05) is 13.3 Å². The summed E-state index contributed by atoms with van der Waals surface area (Å²) in [5.74, 6) is -27.1. The van der Waals surface area contributed by atoms with Crippen LogP contribution in [0.3, 0.4) is 0 Å². The first-order valence-electron chi connectivity index (χ1n) is 11.3. The lowest BCUT2D eigenvalue weighted by molar-refractivity contribution is -0.427. The van der Waals surface area contributed by atoms with Crippen molar-refractivity contribution >= 4 is 0 Å². The fourth-order valence-corrected chi connectivity index (χ4v) is 3.73. The molecule has 0 saturated carbocycles. The highest BCUT2D eigenvalue weighted by Gasteiger charge is 2.92. The van der Waals surface area contributed by atoms with Crippen molar-refractivity contribution in [1.82, 2.24) is 0 Å². The van der Waals surface area contributed by atoms with E-state index < -0.39 is 89.3 Å². The molecule has 0 bridgehead atoms. The summed E-state index contributed by atoms with van der Waals surface area (Å²) in [6.45, 7) is -0.847. The Kier molecular flexibility index (Phi) is 10.2. The molecule has 1 unspecified atom stereocenters. The average Bonchev–Trinajstić information content (AvgIpc) is 2.83. The summed E-state index contributed by atoms with van der Waals surface area (Å²) >= 11 is 0. The maximum Gasteiger partial charge on any atom is 0.435 e. The minimum atomic E-state index is -7.47. The number of rotatable bonds is 7. The molecule has 2 N–H and O–H groups in total. The lowest BCUT2D eigenvalue weighted by atomic mass is 9.73. The third-order valence-corrected chi connectivity index (χ3v) is 6.16. The van der Waals surface area contributed by atoms with Crippen LogP contribution in [0.2, 0.25) is 0 Å². The lowest BCUT2D eigenvalue weighted by Crippen LogP contribution is -2.74. The van der Waals surface area contributed by atoms with Crippen molar-refractivity contribution in [3.63, 3.8) is 0 Å². The molecular weight excluding hydrogens is 662 g/mol. The molecule has 0 fully saturated rings. The summed E-state index contributed by atoms with van der Waals surface area (Å²) in [4.78, 5) is 0. The molecule has 0 radical (unpaired) electrons. The zero-order valence-corrected chi connectivity index (χ0v) is 21.5. The van der Waals surface area contributed by atoms with E-state index in [0.29, 0.717) is 24.3 Å². The Morgan fingerprint density at radius 3 is 0.977 bits per heavy atom. The molecule has 1 atom stereocenters. The zero-order valence-electron chi connectivity index (χ0n) is 21.5. The van der Waals surface area contributed by atoms with E-state index >= 15 is 0 Å². The lowest BCUT2D eigenvalue weighted by Gasteiger charge is -2.43. The third kappa shape index (κ3) is 6.16. The van der Waals surface area contributed by atoms with Gasteiger partial charge < -0.3 is 10.2 Å². The molecule has 0 spiro atoms. The molecule has 0 aliphatic carbocycles. The summed E-state index contributed by atoms with van der Waals surface area (Å²) in [6.07, 6.45) is -21.0. The van der Waals surface area contributed by atoms with E-state index in [2.05, 4.69) is 0 Å². The second-order valence-corrected chi connectivity index (χ2v) is 9.09. The van der Waals surface area contributed by atoms with Gasteiger partial charge in [-0.15, -0.1) is 0 Å². The smallest absolute Gasteiger partial charge is 0.435 e. The Morgan fingerprint density at radius 1 is 0.477 bits per heavy atom. The number of hydrogen-bond acceptors (Lipinski definition) is 2. The first-order chi connectivity index (χ1) is 19.3. The number of phenols is 2. The average molecular weight is 680 g/mol. The molecular formula is C24H18F18O2. The summed E-state index contributed by atoms with van der Waals surface area (Å²) in [5.41, 5.74) is -13.9. The van der Waals surface area contributed by atoms with Crippen LogP contribution in [0.5, 0.6) is 11.5 Å². The van der Waals surface area contributed by atoms with Crippen LogP contribution in [0.1, 0.15) is 31.4 Å². The van der Waals surface area contributed by atoms with E-state index in [1.54, 1.807) is 0 Å². The summed E-state index contributed by atoms with van der Waals surface area (Å²) in [7, 11) is 0. The van der Waals surface area contributed by atoms with Crippen molar-refractivity contribution < 1.29 is 89.2 Å². The normalized spacial score (nSPS) is 15.7. The van der Waals surface area contributed by atoms with Crippen LogP contribution in [0.15, 0.2) is 48.5 Å². The fourth-order valence-electron chi connectivity index (χ4n) is 3.73. The Morgan fingerprint density at radius 2 is 0.773 bits per heavy atom. The van der Waals surface area contributed by atoms with Gasteiger partial charge in [0.05, 0.1) is 0 Å². The summed E-state index contributed by atoms with van der Waals surface area (Å²) in [5, 5.41) is 18.3. The highest BCUT2D eigenvalue weighted by atomic mass is 19.4. The molecule has 2 nitrogen and oxygen atoms in total. The molecule has 0 amide bonds. The molecule has 0 aliphatic rings. The Balaban J connectivity index is 0.000000443. The van der Waals surface area contributed by atoms with Gasteiger partial charge in [-0.3, -0.25) is 0 Å². The van der Waals surface area contributed by atoms with Gasteiger partial charge in [-0.05, 0) is 35.4 Å². The van der Waals surface area contributed by atoms with Gasteiger partial charge in [0.25, 0.3) is 0 Å². The standard InChI is InChI=1S/C15H10F6O2.C9H8F12/c16-14(17,18)13(15(19,20)21,9-1-5-11(22)6-2-9)10-3-7-12(23)8-4-10;1-3-5(12,13)8(17,18)6(14,9(19,20)21)7(15,16)4(2,10)11/h1-8,22-23H;3H2,1-2H3. The number of halogens is 18. The molecule has 0 aromatic heterocycles. The van der Waals surface area contributed by atoms with Crippen molar-refractivity contribution in [2.45, 2.75) is 73.6 Å². The van der Waals surface area contributed by atoms with E-state index in [-0.39, 0.29) is 6.92 Å². The van der Waals surface area contributed by atoms with Crippen LogP contribution in [0, 0.1) is 0 Å². The molecule has 20 heteroatoms. The predicted octanol–water partition coefficient (Wildman–Crippen LogP) is 9.74. The Labute approximate surface area is 234 Å². The first kappa shape index (κ1) is 38.8. The number of benzene rings is 2. The second-order valence-electron chi connectivity index (χ2n) is 9.09. The van der Waals surface area contributed by atoms with Crippen LogP contribution in [-0.2, 0) is 5.41 Å². The topological polar surface area (TPSA) is 40.5 Å². The maximum atomic E-state index is 13.6. The first-order valence-corrected chi connectivity index (χ1v) is 11.3. The SMILES string of the molecule is CCC(F)(F)C(F)(F)C(F)(C(F)(F)F)C(F)(F)C(C)(F)F.Oc1ccc(C(c2ccc(O)cc2)(C(F)(F)F)C(F)(F)F)cc1. The van der Waals surface area contributed by atoms with Crippen molar-refractivity contribution in [3.8, 4) is 11.5 Å². The molecule has 0 saturated heterocycles. The molecule has 0 heterocycles. The van der Waals surface area contributed by atoms with E-state index in [1.165, 1.54) is 0 Å². The van der Waals surface area contributed by atoms with Gasteiger partial charge in [-0.1, -0.05) is 31.2 Å². The van der Waals surface area contributed by atoms with E-state index in [1.807, 2.05) is 0 Å². The quantitative estimate of drug-likeness (QED) is 0.286. The van der Waals surface area contributed by atoms with Gasteiger partial charge in [-0.25, -0.2) is 13.2 Å². The maximum absolute atomic E-state index is 13.6. The molecule has 2 aromatic rings. The third-order valence-electron chi connectivity index (χ3n) is 6.16. The van der Waals surface area contributed by atoms with Gasteiger partial charge in [0.1, 0.15) is 11.5 Å². The molecule has 252 valence electrons. The van der Waals surface area contributed by atoms with Gasteiger partial charge in [0.15, 0.2) is 0 Å². The number of aromatic hydroxyl groups is 2. The van der Waals surface area contributed by atoms with Crippen LogP contribution in [-0.4, -0.2) is 58.1 Å². The van der Waals surface area contributed by atoms with Crippen LogP contribution in [0.25, 0.3) is 0 Å². The largest absolute Gasteiger partial charge is 0.508 e.